The Kier molecular flexibility index (Phi) is 6.07. The molecule has 5 rings (SSSR count). The van der Waals surface area contributed by atoms with Crippen molar-refractivity contribution in [3.8, 4) is 11.8 Å². The molecule has 0 aromatic carbocycles. The van der Waals surface area contributed by atoms with Crippen LogP contribution in [0, 0.1) is 46.3 Å². The molecule has 2 fully saturated rings. The van der Waals surface area contributed by atoms with Crippen molar-refractivity contribution >= 4 is 11.6 Å². The summed E-state index contributed by atoms with van der Waals surface area (Å²) in [6.45, 7) is 6.04. The molecule has 0 saturated heterocycles. The third kappa shape index (κ3) is 3.64. The molecule has 6 atom stereocenters. The van der Waals surface area contributed by atoms with Crippen LogP contribution in [-0.4, -0.2) is 30.6 Å². The van der Waals surface area contributed by atoms with Crippen LogP contribution in [0.2, 0.25) is 0 Å². The number of allylic oxidation sites excluding steroid dienone is 9. The van der Waals surface area contributed by atoms with Crippen LogP contribution in [0.1, 0.15) is 65.7 Å². The van der Waals surface area contributed by atoms with Crippen molar-refractivity contribution in [1.29, 1.82) is 0 Å². The Morgan fingerprint density at radius 3 is 2.63 bits per heavy atom. The van der Waals surface area contributed by atoms with E-state index in [0.29, 0.717) is 24.2 Å². The fourth-order valence-corrected chi connectivity index (χ4v) is 8.36. The van der Waals surface area contributed by atoms with Crippen LogP contribution in [0.3, 0.4) is 0 Å². The second kappa shape index (κ2) is 8.81. The summed E-state index contributed by atoms with van der Waals surface area (Å²) in [6, 6.07) is 0. The van der Waals surface area contributed by atoms with Gasteiger partial charge in [0.25, 0.3) is 0 Å². The van der Waals surface area contributed by atoms with Crippen LogP contribution in [0.15, 0.2) is 58.9 Å². The number of likely N-dealkylation sites (N-methyl/N-ethyl adjacent to an activating group) is 1. The van der Waals surface area contributed by atoms with Gasteiger partial charge in [0.2, 0.25) is 0 Å². The molecule has 5 aliphatic carbocycles. The molecular weight excluding hydrogens is 430 g/mol. The number of Topliss-reactive ketones (excluding diaryl/α,β-unsaturated/α-hetero) is 1. The number of carbonyl (C=O) groups is 2. The van der Waals surface area contributed by atoms with E-state index in [4.69, 9.17) is 0 Å². The lowest BCUT2D eigenvalue weighted by molar-refractivity contribution is -0.131. The zero-order chi connectivity index (χ0) is 25.0. The number of rotatable bonds is 3. The van der Waals surface area contributed by atoms with Crippen molar-refractivity contribution in [2.45, 2.75) is 65.7 Å². The quantitative estimate of drug-likeness (QED) is 0.462. The smallest absolute Gasteiger partial charge is 0.156 e. The fraction of sp³-hybridized carbons (Fsp3) is 0.562. The van der Waals surface area contributed by atoms with Gasteiger partial charge in [-0.1, -0.05) is 36.6 Å². The molecule has 5 aliphatic rings. The highest BCUT2D eigenvalue weighted by Crippen LogP contribution is 2.69. The van der Waals surface area contributed by atoms with E-state index >= 15 is 0 Å². The number of carbonyl (C=O) groups excluding carboxylic acids is 2. The van der Waals surface area contributed by atoms with Gasteiger partial charge in [0.15, 0.2) is 5.78 Å². The van der Waals surface area contributed by atoms with Crippen LogP contribution < -0.4 is 0 Å². The number of hydrogen-bond acceptors (Lipinski definition) is 3. The van der Waals surface area contributed by atoms with E-state index in [9.17, 15) is 9.59 Å². The second-order valence-corrected chi connectivity index (χ2v) is 11.7. The topological polar surface area (TPSA) is 37.4 Å². The highest BCUT2D eigenvalue weighted by Gasteiger charge is 2.65. The van der Waals surface area contributed by atoms with E-state index in [1.807, 2.05) is 13.0 Å². The zero-order valence-electron chi connectivity index (χ0n) is 22.0. The molecule has 184 valence electrons. The van der Waals surface area contributed by atoms with Crippen molar-refractivity contribution in [3.63, 3.8) is 0 Å². The van der Waals surface area contributed by atoms with Crippen LogP contribution in [0.25, 0.3) is 0 Å². The molecule has 0 radical (unpaired) electrons. The Balaban J connectivity index is 1.67. The normalized spacial score (nSPS) is 37.8. The first-order valence-corrected chi connectivity index (χ1v) is 13.4. The molecular formula is C32H39NO2. The molecule has 35 heavy (non-hydrogen) atoms. The lowest BCUT2D eigenvalue weighted by Crippen LogP contribution is -2.51. The van der Waals surface area contributed by atoms with Gasteiger partial charge in [0.05, 0.1) is 5.41 Å². The summed E-state index contributed by atoms with van der Waals surface area (Å²) >= 11 is 0. The van der Waals surface area contributed by atoms with Crippen molar-refractivity contribution < 1.29 is 9.59 Å². The first-order valence-electron chi connectivity index (χ1n) is 13.4. The average molecular weight is 470 g/mol. The molecule has 0 amide bonds. The fourth-order valence-electron chi connectivity index (χ4n) is 8.36. The van der Waals surface area contributed by atoms with Gasteiger partial charge in [-0.15, -0.1) is 5.92 Å². The maximum atomic E-state index is 13.3. The molecule has 0 heterocycles. The van der Waals surface area contributed by atoms with Crippen LogP contribution in [-0.2, 0) is 9.59 Å². The van der Waals surface area contributed by atoms with Crippen molar-refractivity contribution in [2.75, 3.05) is 14.1 Å². The van der Waals surface area contributed by atoms with E-state index in [-0.39, 0.29) is 22.9 Å². The van der Waals surface area contributed by atoms with Gasteiger partial charge in [0, 0.05) is 32.1 Å². The summed E-state index contributed by atoms with van der Waals surface area (Å²) in [5.74, 6) is 8.72. The summed E-state index contributed by atoms with van der Waals surface area (Å²) in [7, 11) is 4.16. The van der Waals surface area contributed by atoms with Gasteiger partial charge in [-0.25, -0.2) is 0 Å². The minimum absolute atomic E-state index is 0.140. The molecule has 0 bridgehead atoms. The number of nitrogens with zero attached hydrogens (tertiary/aromatic N) is 1. The standard InChI is InChI=1S/C32H39NO2/c1-6-17-32(21(2)34)18-16-29-27-14-11-23-19-25(35)13-15-26(23)30(27)28(20-31(29,32)3)22-8-7-9-24(12-10-22)33(4)5/h7-10,12,19,22,27-29H,11,13-16,18,20H2,1-5H3/t22?,27?,28?,29?,31?,32-/m1/s1. The van der Waals surface area contributed by atoms with E-state index in [0.717, 1.165) is 38.5 Å². The summed E-state index contributed by atoms with van der Waals surface area (Å²) < 4.78 is 0. The predicted molar refractivity (Wildman–Crippen MR) is 141 cm³/mol. The third-order valence-corrected chi connectivity index (χ3v) is 9.98. The molecule has 0 spiro atoms. The number of hydrogen-bond donors (Lipinski definition) is 0. The van der Waals surface area contributed by atoms with Gasteiger partial charge >= 0.3 is 0 Å². The van der Waals surface area contributed by atoms with Crippen LogP contribution >= 0.6 is 0 Å². The predicted octanol–water partition coefficient (Wildman–Crippen LogP) is 6.20. The van der Waals surface area contributed by atoms with Crippen molar-refractivity contribution in [2.24, 2.45) is 34.5 Å². The summed E-state index contributed by atoms with van der Waals surface area (Å²) in [5, 5.41) is 0. The minimum atomic E-state index is -0.551. The molecule has 0 aromatic rings. The number of ketones is 2. The van der Waals surface area contributed by atoms with E-state index < -0.39 is 5.41 Å². The highest BCUT2D eigenvalue weighted by molar-refractivity contribution is 5.93. The average Bonchev–Trinajstić information content (AvgIpc) is 2.96. The Morgan fingerprint density at radius 2 is 1.91 bits per heavy atom. The monoisotopic (exact) mass is 469 g/mol. The van der Waals surface area contributed by atoms with Crippen LogP contribution in [0.5, 0.6) is 0 Å². The molecule has 2 saturated carbocycles. The largest absolute Gasteiger partial charge is 0.378 e. The summed E-state index contributed by atoms with van der Waals surface area (Å²) in [5.41, 5.74) is 4.87. The lowest BCUT2D eigenvalue weighted by Gasteiger charge is -2.55. The molecule has 0 N–H and O–H groups in total. The van der Waals surface area contributed by atoms with E-state index in [1.54, 1.807) is 12.5 Å². The maximum Gasteiger partial charge on any atom is 0.156 e. The molecule has 3 heteroatoms. The van der Waals surface area contributed by atoms with Gasteiger partial charge < -0.3 is 4.90 Å². The van der Waals surface area contributed by atoms with Crippen LogP contribution in [0.4, 0.5) is 0 Å². The number of fused-ring (bicyclic) bond motifs is 4. The van der Waals surface area contributed by atoms with Gasteiger partial charge in [-0.3, -0.25) is 9.59 Å². The van der Waals surface area contributed by atoms with Gasteiger partial charge in [-0.05, 0) is 105 Å². The highest BCUT2D eigenvalue weighted by atomic mass is 16.1. The Hall–Kier alpha value is -2.60. The Bertz CT molecular complexity index is 1170. The third-order valence-electron chi connectivity index (χ3n) is 9.98. The van der Waals surface area contributed by atoms with E-state index in [1.165, 1.54) is 16.8 Å². The SMILES string of the molecule is CC#C[C@]1(C(C)=O)CCC2C3CCC4=CC(=O)CCC4=C3C(C3C=CC=C(N(C)C)C=C3)CC21C. The summed E-state index contributed by atoms with van der Waals surface area (Å²) in [6.07, 6.45) is 19.8. The maximum absolute atomic E-state index is 13.3. The summed E-state index contributed by atoms with van der Waals surface area (Å²) in [4.78, 5) is 27.7. The lowest BCUT2D eigenvalue weighted by atomic mass is 9.47. The Labute approximate surface area is 211 Å². The first-order chi connectivity index (χ1) is 16.7. The van der Waals surface area contributed by atoms with E-state index in [2.05, 4.69) is 68.1 Å². The first kappa shape index (κ1) is 24.1. The molecule has 0 aromatic heterocycles. The van der Waals surface area contributed by atoms with Gasteiger partial charge in [0.1, 0.15) is 5.78 Å². The van der Waals surface area contributed by atoms with Gasteiger partial charge in [-0.2, -0.15) is 0 Å². The molecule has 5 unspecified atom stereocenters. The van der Waals surface area contributed by atoms with Crippen molar-refractivity contribution in [1.82, 2.24) is 4.90 Å². The Morgan fingerprint density at radius 1 is 1.11 bits per heavy atom. The second-order valence-electron chi connectivity index (χ2n) is 11.7. The molecule has 3 nitrogen and oxygen atoms in total. The minimum Gasteiger partial charge on any atom is -0.378 e. The van der Waals surface area contributed by atoms with Crippen molar-refractivity contribution in [3.05, 3.63) is 58.9 Å². The molecule has 0 aliphatic heterocycles. The zero-order valence-corrected chi connectivity index (χ0v) is 22.0.